The van der Waals surface area contributed by atoms with Crippen molar-refractivity contribution in [3.05, 3.63) is 0 Å². The molecule has 2 heteroatoms. The second-order valence-corrected chi connectivity index (χ2v) is 3.45. The Balaban J connectivity index is 2.57. The van der Waals surface area contributed by atoms with Gasteiger partial charge in [0.25, 0.3) is 0 Å². The van der Waals surface area contributed by atoms with Gasteiger partial charge in [0, 0.05) is 6.54 Å². The molecule has 60 valence electrons. The summed E-state index contributed by atoms with van der Waals surface area (Å²) in [5, 5.41) is 0. The van der Waals surface area contributed by atoms with Crippen molar-refractivity contribution in [2.45, 2.75) is 32.5 Å². The molecule has 0 aliphatic carbocycles. The van der Waals surface area contributed by atoms with E-state index in [1.54, 1.807) is 0 Å². The number of aliphatic imine (C=N–C) groups is 1. The zero-order chi connectivity index (χ0) is 8.27. The predicted octanol–water partition coefficient (Wildman–Crippen LogP) is 2.08. The molecule has 0 aromatic carbocycles. The summed E-state index contributed by atoms with van der Waals surface area (Å²) in [6.45, 7) is 5.44. The molecule has 0 aromatic rings. The van der Waals surface area contributed by atoms with Crippen LogP contribution >= 0.6 is 0 Å². The monoisotopic (exact) mass is 149 g/mol. The van der Waals surface area contributed by atoms with E-state index in [1.165, 1.54) is 12.8 Å². The van der Waals surface area contributed by atoms with E-state index >= 15 is 0 Å². The highest BCUT2D eigenvalue weighted by atomic mass is 14.7. The fourth-order valence-corrected chi connectivity index (χ4v) is 1.73. The van der Waals surface area contributed by atoms with Gasteiger partial charge in [0.1, 0.15) is 0 Å². The maximum absolute atomic E-state index is 5.89. The molecule has 1 aliphatic rings. The molecule has 1 aliphatic heterocycles. The summed E-state index contributed by atoms with van der Waals surface area (Å²) >= 11 is 0. The van der Waals surface area contributed by atoms with E-state index in [9.17, 15) is 0 Å². The maximum Gasteiger partial charge on any atom is 0.0780 e. The van der Waals surface area contributed by atoms with Crippen molar-refractivity contribution >= 4 is 14.1 Å². The highest BCUT2D eigenvalue weighted by Crippen LogP contribution is 2.29. The lowest BCUT2D eigenvalue weighted by Gasteiger charge is -2.23. The van der Waals surface area contributed by atoms with Crippen molar-refractivity contribution in [3.63, 3.8) is 0 Å². The number of hydrogen-bond acceptors (Lipinski definition) is 1. The fourth-order valence-electron chi connectivity index (χ4n) is 1.73. The molecular weight excluding hydrogens is 133 g/mol. The molecule has 1 nitrogen and oxygen atoms in total. The maximum atomic E-state index is 5.89. The van der Waals surface area contributed by atoms with Gasteiger partial charge in [0.05, 0.1) is 7.85 Å². The Kier molecular flexibility index (Phi) is 3.16. The van der Waals surface area contributed by atoms with E-state index in [0.29, 0.717) is 5.92 Å². The average Bonchev–Trinajstić information content (AvgIpc) is 2.16. The van der Waals surface area contributed by atoms with Gasteiger partial charge in [-0.2, -0.15) is 0 Å². The molecule has 0 bridgehead atoms. The number of nitrogens with zero attached hydrogens (tertiary/aromatic N) is 1. The van der Waals surface area contributed by atoms with Crippen LogP contribution in [0.15, 0.2) is 4.99 Å². The van der Waals surface area contributed by atoms with E-state index < -0.39 is 0 Å². The summed E-state index contributed by atoms with van der Waals surface area (Å²) in [6.07, 6.45) is 4.36. The smallest absolute Gasteiger partial charge is 0.0780 e. The first-order valence-electron chi connectivity index (χ1n) is 4.51. The van der Waals surface area contributed by atoms with E-state index in [0.717, 1.165) is 12.5 Å². The van der Waals surface area contributed by atoms with E-state index in [-0.39, 0.29) is 5.82 Å². The standard InChI is InChI=1S/C9H16BN/c1-3-8-4-5-11-6-9(10)7(8)2/h6-9H,3-5H2,1-2H3. The minimum atomic E-state index is 0.183. The molecule has 0 spiro atoms. The highest BCUT2D eigenvalue weighted by molar-refractivity contribution is 6.20. The summed E-state index contributed by atoms with van der Waals surface area (Å²) in [6, 6.07) is 0. The Hall–Kier alpha value is -0.265. The Morgan fingerprint density at radius 2 is 2.36 bits per heavy atom. The molecule has 0 aromatic heterocycles. The van der Waals surface area contributed by atoms with Crippen LogP contribution < -0.4 is 0 Å². The van der Waals surface area contributed by atoms with Crippen molar-refractivity contribution < 1.29 is 0 Å². The van der Waals surface area contributed by atoms with Crippen molar-refractivity contribution in [3.8, 4) is 0 Å². The van der Waals surface area contributed by atoms with Crippen molar-refractivity contribution in [1.29, 1.82) is 0 Å². The average molecular weight is 149 g/mol. The van der Waals surface area contributed by atoms with Crippen molar-refractivity contribution in [2.24, 2.45) is 16.8 Å². The molecule has 0 amide bonds. The van der Waals surface area contributed by atoms with Crippen molar-refractivity contribution in [1.82, 2.24) is 0 Å². The van der Waals surface area contributed by atoms with Gasteiger partial charge in [-0.1, -0.05) is 20.3 Å². The Morgan fingerprint density at radius 1 is 1.64 bits per heavy atom. The third-order valence-electron chi connectivity index (χ3n) is 2.78. The highest BCUT2D eigenvalue weighted by Gasteiger charge is 2.21. The molecule has 11 heavy (non-hydrogen) atoms. The molecule has 0 N–H and O–H groups in total. The summed E-state index contributed by atoms with van der Waals surface area (Å²) < 4.78 is 0. The molecule has 0 saturated carbocycles. The van der Waals surface area contributed by atoms with E-state index in [1.807, 2.05) is 6.21 Å². The molecule has 0 fully saturated rings. The van der Waals surface area contributed by atoms with Gasteiger partial charge < -0.3 is 0 Å². The van der Waals surface area contributed by atoms with Crippen LogP contribution in [0, 0.1) is 11.8 Å². The zero-order valence-electron chi connectivity index (χ0n) is 7.46. The van der Waals surface area contributed by atoms with Crippen LogP contribution in [0.2, 0.25) is 5.82 Å². The van der Waals surface area contributed by atoms with Gasteiger partial charge >= 0.3 is 0 Å². The first-order chi connectivity index (χ1) is 5.25. The van der Waals surface area contributed by atoms with Crippen LogP contribution in [0.5, 0.6) is 0 Å². The number of rotatable bonds is 1. The Morgan fingerprint density at radius 3 is 3.00 bits per heavy atom. The third kappa shape index (κ3) is 2.08. The van der Waals surface area contributed by atoms with Crippen LogP contribution in [0.3, 0.4) is 0 Å². The van der Waals surface area contributed by atoms with Crippen LogP contribution in [0.4, 0.5) is 0 Å². The minimum Gasteiger partial charge on any atom is -0.298 e. The lowest BCUT2D eigenvalue weighted by Crippen LogP contribution is -2.16. The lowest BCUT2D eigenvalue weighted by molar-refractivity contribution is 0.348. The molecule has 2 radical (unpaired) electrons. The van der Waals surface area contributed by atoms with Crippen molar-refractivity contribution in [2.75, 3.05) is 6.54 Å². The van der Waals surface area contributed by atoms with Crippen LogP contribution in [-0.2, 0) is 0 Å². The quantitative estimate of drug-likeness (QED) is 0.506. The molecule has 1 rings (SSSR count). The van der Waals surface area contributed by atoms with Gasteiger partial charge in [-0.3, -0.25) is 4.99 Å². The minimum absolute atomic E-state index is 0.183. The number of hydrogen-bond donors (Lipinski definition) is 0. The summed E-state index contributed by atoms with van der Waals surface area (Å²) in [5.41, 5.74) is 0. The SMILES string of the molecule is [B]C1C=NCCC(CC)C1C. The molecule has 1 heterocycles. The van der Waals surface area contributed by atoms with E-state index in [4.69, 9.17) is 7.85 Å². The fraction of sp³-hybridized carbons (Fsp3) is 0.889. The van der Waals surface area contributed by atoms with Gasteiger partial charge in [-0.25, -0.2) is 0 Å². The first kappa shape index (κ1) is 8.83. The largest absolute Gasteiger partial charge is 0.298 e. The zero-order valence-corrected chi connectivity index (χ0v) is 7.46. The Labute approximate surface area is 70.7 Å². The lowest BCUT2D eigenvalue weighted by atomic mass is 9.71. The van der Waals surface area contributed by atoms with Gasteiger partial charge in [0.2, 0.25) is 0 Å². The summed E-state index contributed by atoms with van der Waals surface area (Å²) in [4.78, 5) is 4.25. The topological polar surface area (TPSA) is 12.4 Å². The normalized spacial score (nSPS) is 38.5. The first-order valence-corrected chi connectivity index (χ1v) is 4.51. The third-order valence-corrected chi connectivity index (χ3v) is 2.78. The molecule has 3 unspecified atom stereocenters. The van der Waals surface area contributed by atoms with Crippen LogP contribution in [0.25, 0.3) is 0 Å². The second-order valence-electron chi connectivity index (χ2n) is 3.45. The van der Waals surface area contributed by atoms with Crippen LogP contribution in [0.1, 0.15) is 26.7 Å². The Bertz CT molecular complexity index is 144. The molecule has 0 saturated heterocycles. The predicted molar refractivity (Wildman–Crippen MR) is 50.4 cm³/mol. The van der Waals surface area contributed by atoms with E-state index in [2.05, 4.69) is 18.8 Å². The molecular formula is C9H16BN. The summed E-state index contributed by atoms with van der Waals surface area (Å²) in [5.74, 6) is 1.56. The van der Waals surface area contributed by atoms with Gasteiger partial charge in [0.15, 0.2) is 0 Å². The van der Waals surface area contributed by atoms with Gasteiger partial charge in [-0.15, -0.1) is 0 Å². The van der Waals surface area contributed by atoms with Crippen LogP contribution in [-0.4, -0.2) is 20.6 Å². The summed E-state index contributed by atoms with van der Waals surface area (Å²) in [7, 11) is 5.89. The van der Waals surface area contributed by atoms with Gasteiger partial charge in [-0.05, 0) is 30.3 Å². The molecule has 3 atom stereocenters. The second kappa shape index (κ2) is 3.94.